The van der Waals surface area contributed by atoms with Gasteiger partial charge in [0.05, 0.1) is 22.3 Å². The van der Waals surface area contributed by atoms with Crippen molar-refractivity contribution in [2.24, 2.45) is 0 Å². The molecule has 2 aromatic carbocycles. The average Bonchev–Trinajstić information content (AvgIpc) is 3.45. The van der Waals surface area contributed by atoms with Crippen molar-refractivity contribution in [3.63, 3.8) is 0 Å². The third kappa shape index (κ3) is 3.44. The van der Waals surface area contributed by atoms with E-state index in [0.717, 1.165) is 47.9 Å². The highest BCUT2D eigenvalue weighted by molar-refractivity contribution is 7.98. The van der Waals surface area contributed by atoms with Crippen LogP contribution in [0.25, 0.3) is 16.6 Å². The fourth-order valence-electron chi connectivity index (χ4n) is 3.91. The summed E-state index contributed by atoms with van der Waals surface area (Å²) in [6.45, 7) is 0. The molecule has 0 spiro atoms. The van der Waals surface area contributed by atoms with Gasteiger partial charge in [-0.1, -0.05) is 54.9 Å². The lowest BCUT2D eigenvalue weighted by atomic mass is 10.2. The van der Waals surface area contributed by atoms with Gasteiger partial charge in [-0.15, -0.1) is 5.10 Å². The van der Waals surface area contributed by atoms with Gasteiger partial charge in [0.1, 0.15) is 0 Å². The molecule has 2 heterocycles. The van der Waals surface area contributed by atoms with Crippen LogP contribution in [0.2, 0.25) is 0 Å². The molecule has 8 heteroatoms. The predicted molar refractivity (Wildman–Crippen MR) is 112 cm³/mol. The second kappa shape index (κ2) is 7.79. The minimum absolute atomic E-state index is 0.0488. The Labute approximate surface area is 171 Å². The number of fused-ring (bicyclic) bond motifs is 1. The Morgan fingerprint density at radius 3 is 2.59 bits per heavy atom. The smallest absolute Gasteiger partial charge is 0.262 e. The summed E-state index contributed by atoms with van der Waals surface area (Å²) in [7, 11) is 0. The molecule has 5 rings (SSSR count). The van der Waals surface area contributed by atoms with E-state index in [2.05, 4.69) is 15.5 Å². The summed E-state index contributed by atoms with van der Waals surface area (Å²) in [6.07, 6.45) is 4.35. The molecule has 7 nitrogen and oxygen atoms in total. The minimum Gasteiger partial charge on any atom is -0.284 e. The molecule has 0 aliphatic heterocycles. The first-order chi connectivity index (χ1) is 14.3. The molecule has 0 radical (unpaired) electrons. The first kappa shape index (κ1) is 18.1. The Balaban J connectivity index is 1.52. The molecule has 2 aromatic heterocycles. The van der Waals surface area contributed by atoms with Crippen LogP contribution in [0.4, 0.5) is 0 Å². The van der Waals surface area contributed by atoms with Gasteiger partial charge in [0, 0.05) is 6.04 Å². The van der Waals surface area contributed by atoms with E-state index in [1.807, 2.05) is 59.2 Å². The summed E-state index contributed by atoms with van der Waals surface area (Å²) >= 11 is 1.52. The van der Waals surface area contributed by atoms with Gasteiger partial charge in [-0.3, -0.25) is 9.36 Å². The molecule has 1 aliphatic carbocycles. The lowest BCUT2D eigenvalue weighted by Crippen LogP contribution is -2.26. The van der Waals surface area contributed by atoms with Crippen LogP contribution in [-0.4, -0.2) is 29.8 Å². The Morgan fingerprint density at radius 1 is 1.00 bits per heavy atom. The van der Waals surface area contributed by atoms with Crippen molar-refractivity contribution in [1.82, 2.24) is 29.8 Å². The lowest BCUT2D eigenvalue weighted by Gasteiger charge is -2.18. The summed E-state index contributed by atoms with van der Waals surface area (Å²) in [4.78, 5) is 18.1. The zero-order valence-electron chi connectivity index (χ0n) is 15.8. The largest absolute Gasteiger partial charge is 0.284 e. The molecule has 0 saturated heterocycles. The Morgan fingerprint density at radius 2 is 1.76 bits per heavy atom. The maximum atomic E-state index is 13.3. The molecule has 1 saturated carbocycles. The topological polar surface area (TPSA) is 78.5 Å². The van der Waals surface area contributed by atoms with Crippen molar-refractivity contribution in [1.29, 1.82) is 0 Å². The number of nitrogens with zero attached hydrogens (tertiary/aromatic N) is 6. The van der Waals surface area contributed by atoms with Gasteiger partial charge in [0.2, 0.25) is 0 Å². The third-order valence-corrected chi connectivity index (χ3v) is 6.28. The van der Waals surface area contributed by atoms with Crippen molar-refractivity contribution < 1.29 is 0 Å². The van der Waals surface area contributed by atoms with Gasteiger partial charge in [-0.25, -0.2) is 4.98 Å². The van der Waals surface area contributed by atoms with E-state index < -0.39 is 0 Å². The van der Waals surface area contributed by atoms with Gasteiger partial charge in [0.15, 0.2) is 11.0 Å². The monoisotopic (exact) mass is 404 g/mol. The van der Waals surface area contributed by atoms with Crippen LogP contribution in [0.5, 0.6) is 0 Å². The molecule has 0 bridgehead atoms. The van der Waals surface area contributed by atoms with Crippen LogP contribution in [0, 0.1) is 0 Å². The van der Waals surface area contributed by atoms with Crippen molar-refractivity contribution in [3.8, 4) is 5.69 Å². The van der Waals surface area contributed by atoms with Crippen molar-refractivity contribution in [3.05, 3.63) is 70.8 Å². The number of hydrogen-bond donors (Lipinski definition) is 0. The van der Waals surface area contributed by atoms with Crippen molar-refractivity contribution >= 4 is 22.7 Å². The highest BCUT2D eigenvalue weighted by Crippen LogP contribution is 2.33. The summed E-state index contributed by atoms with van der Waals surface area (Å²) in [5, 5.41) is 13.6. The Hall–Kier alpha value is -3.00. The number of hydrogen-bond acceptors (Lipinski definition) is 6. The Bertz CT molecular complexity index is 1200. The first-order valence-electron chi connectivity index (χ1n) is 9.78. The molecule has 1 fully saturated rings. The fraction of sp³-hybridized carbons (Fsp3) is 0.286. The number of thioether (sulfide) groups is 1. The minimum atomic E-state index is 0.0488. The van der Waals surface area contributed by atoms with E-state index in [-0.39, 0.29) is 11.6 Å². The maximum absolute atomic E-state index is 13.3. The number of para-hydroxylation sites is 2. The quantitative estimate of drug-likeness (QED) is 0.372. The van der Waals surface area contributed by atoms with Gasteiger partial charge >= 0.3 is 0 Å². The first-order valence-corrected chi connectivity index (χ1v) is 10.8. The molecule has 29 heavy (non-hydrogen) atoms. The van der Waals surface area contributed by atoms with Crippen LogP contribution in [0.1, 0.15) is 37.5 Å². The average molecular weight is 404 g/mol. The lowest BCUT2D eigenvalue weighted by molar-refractivity contribution is 0.457. The number of tetrazole rings is 1. The summed E-state index contributed by atoms with van der Waals surface area (Å²) in [5.74, 6) is 1.25. The fourth-order valence-corrected chi connectivity index (χ4v) is 4.88. The summed E-state index contributed by atoms with van der Waals surface area (Å²) in [6, 6.07) is 17.6. The number of benzene rings is 2. The molecular formula is C21H20N6OS. The second-order valence-electron chi connectivity index (χ2n) is 7.16. The van der Waals surface area contributed by atoms with Crippen LogP contribution in [0.3, 0.4) is 0 Å². The van der Waals surface area contributed by atoms with Crippen molar-refractivity contribution in [2.45, 2.75) is 42.6 Å². The molecule has 0 N–H and O–H groups in total. The third-order valence-electron chi connectivity index (χ3n) is 5.33. The molecule has 1 aliphatic rings. The zero-order valence-corrected chi connectivity index (χ0v) is 16.6. The maximum Gasteiger partial charge on any atom is 0.262 e. The van der Waals surface area contributed by atoms with E-state index in [0.29, 0.717) is 11.1 Å². The van der Waals surface area contributed by atoms with E-state index in [1.165, 1.54) is 11.8 Å². The van der Waals surface area contributed by atoms with Crippen molar-refractivity contribution in [2.75, 3.05) is 0 Å². The highest BCUT2D eigenvalue weighted by atomic mass is 32.2. The van der Waals surface area contributed by atoms with Crippen LogP contribution in [-0.2, 0) is 5.75 Å². The van der Waals surface area contributed by atoms with Gasteiger partial charge in [-0.05, 0) is 47.5 Å². The molecule has 0 amide bonds. The van der Waals surface area contributed by atoms with Crippen LogP contribution < -0.4 is 5.56 Å². The van der Waals surface area contributed by atoms with E-state index >= 15 is 0 Å². The number of rotatable bonds is 5. The molecule has 0 unspecified atom stereocenters. The van der Waals surface area contributed by atoms with E-state index in [4.69, 9.17) is 4.98 Å². The highest BCUT2D eigenvalue weighted by Gasteiger charge is 2.23. The van der Waals surface area contributed by atoms with Crippen LogP contribution in [0.15, 0.2) is 64.5 Å². The molecular weight excluding hydrogens is 384 g/mol. The SMILES string of the molecule is O=c1c2ccccc2nc(SCc2nnnn2-c2ccccc2)n1C1CCCC1. The molecule has 4 aromatic rings. The predicted octanol–water partition coefficient (Wildman–Crippen LogP) is 3.78. The standard InChI is InChI=1S/C21H20N6OS/c28-20-17-12-6-7-13-18(17)22-21(26(20)15-8-4-5-9-15)29-14-19-23-24-25-27(19)16-10-2-1-3-11-16/h1-3,6-7,10-13,15H,4-5,8-9,14H2. The normalized spacial score (nSPS) is 14.6. The second-order valence-corrected chi connectivity index (χ2v) is 8.10. The number of aromatic nitrogens is 6. The molecule has 146 valence electrons. The summed E-state index contributed by atoms with van der Waals surface area (Å²) in [5.41, 5.74) is 1.69. The van der Waals surface area contributed by atoms with Crippen LogP contribution >= 0.6 is 11.8 Å². The van der Waals surface area contributed by atoms with E-state index in [1.54, 1.807) is 4.68 Å². The zero-order chi connectivity index (χ0) is 19.6. The summed E-state index contributed by atoms with van der Waals surface area (Å²) < 4.78 is 3.63. The van der Waals surface area contributed by atoms with Gasteiger partial charge in [-0.2, -0.15) is 4.68 Å². The Kier molecular flexibility index (Phi) is 4.85. The molecule has 0 atom stereocenters. The van der Waals surface area contributed by atoms with Gasteiger partial charge in [0.25, 0.3) is 5.56 Å². The van der Waals surface area contributed by atoms with Gasteiger partial charge < -0.3 is 0 Å². The van der Waals surface area contributed by atoms with E-state index in [9.17, 15) is 4.79 Å².